The van der Waals surface area contributed by atoms with Gasteiger partial charge in [-0.15, -0.1) is 0 Å². The first kappa shape index (κ1) is 16.5. The molecule has 0 aliphatic heterocycles. The van der Waals surface area contributed by atoms with E-state index in [1.807, 2.05) is 0 Å². The van der Waals surface area contributed by atoms with Crippen molar-refractivity contribution in [3.63, 3.8) is 0 Å². The predicted molar refractivity (Wildman–Crippen MR) is 92.8 cm³/mol. The minimum Gasteiger partial charge on any atom is -0.316 e. The highest BCUT2D eigenvalue weighted by Crippen LogP contribution is 2.24. The van der Waals surface area contributed by atoms with E-state index >= 15 is 0 Å². The van der Waals surface area contributed by atoms with E-state index in [9.17, 15) is 14.4 Å². The average Bonchev–Trinajstić information content (AvgIpc) is 2.88. The normalized spacial score (nSPS) is 11.2. The minimum absolute atomic E-state index is 0.230. The van der Waals surface area contributed by atoms with Crippen molar-refractivity contribution in [3.8, 4) is 0 Å². The Morgan fingerprint density at radius 2 is 1.67 bits per heavy atom. The number of nitrogens with zero attached hydrogens (tertiary/aromatic N) is 4. The van der Waals surface area contributed by atoms with Crippen molar-refractivity contribution < 1.29 is 4.79 Å². The van der Waals surface area contributed by atoms with Crippen LogP contribution >= 0.6 is 23.4 Å². The minimum atomic E-state index is -0.467. The molecule has 0 spiro atoms. The van der Waals surface area contributed by atoms with Gasteiger partial charge in [0.15, 0.2) is 16.3 Å². The Morgan fingerprint density at radius 3 is 2.29 bits per heavy atom. The Hall–Kier alpha value is -2.32. The van der Waals surface area contributed by atoms with Crippen molar-refractivity contribution in [2.45, 2.75) is 5.16 Å². The molecule has 0 radical (unpaired) electrons. The van der Waals surface area contributed by atoms with Crippen LogP contribution in [0.15, 0.2) is 39.0 Å². The van der Waals surface area contributed by atoms with E-state index in [0.29, 0.717) is 15.7 Å². The summed E-state index contributed by atoms with van der Waals surface area (Å²) in [5.74, 6) is 0. The Morgan fingerprint density at radius 1 is 1.04 bits per heavy atom. The molecule has 0 saturated heterocycles. The molecule has 24 heavy (non-hydrogen) atoms. The van der Waals surface area contributed by atoms with Crippen LogP contribution in [-0.2, 0) is 21.1 Å². The van der Waals surface area contributed by atoms with Crippen molar-refractivity contribution in [1.29, 1.82) is 0 Å². The zero-order chi connectivity index (χ0) is 17.6. The van der Waals surface area contributed by atoms with Crippen molar-refractivity contribution in [2.75, 3.05) is 0 Å². The third kappa shape index (κ3) is 2.57. The SMILES string of the molecule is Cn1c(=O)c2c(nc(SC(=O)c3ccc(Cl)cc3)n2C)n(C)c1=O. The summed E-state index contributed by atoms with van der Waals surface area (Å²) in [7, 11) is 4.58. The van der Waals surface area contributed by atoms with Gasteiger partial charge in [0.2, 0.25) is 5.12 Å². The number of hydrogen-bond acceptors (Lipinski definition) is 5. The summed E-state index contributed by atoms with van der Waals surface area (Å²) in [4.78, 5) is 41.0. The number of carbonyl (C=O) groups excluding carboxylic acids is 1. The molecule has 2 aromatic heterocycles. The topological polar surface area (TPSA) is 78.9 Å². The van der Waals surface area contributed by atoms with E-state index in [1.165, 1.54) is 23.2 Å². The third-order valence-electron chi connectivity index (χ3n) is 3.70. The lowest BCUT2D eigenvalue weighted by atomic mass is 10.2. The van der Waals surface area contributed by atoms with Crippen molar-refractivity contribution in [1.82, 2.24) is 18.7 Å². The lowest BCUT2D eigenvalue weighted by Crippen LogP contribution is -2.37. The molecule has 0 unspecified atom stereocenters. The van der Waals surface area contributed by atoms with Crippen LogP contribution in [0.5, 0.6) is 0 Å². The van der Waals surface area contributed by atoms with Crippen LogP contribution in [-0.4, -0.2) is 23.8 Å². The zero-order valence-electron chi connectivity index (χ0n) is 13.1. The van der Waals surface area contributed by atoms with Crippen LogP contribution in [0, 0.1) is 0 Å². The van der Waals surface area contributed by atoms with E-state index in [0.717, 1.165) is 16.3 Å². The van der Waals surface area contributed by atoms with Gasteiger partial charge in [-0.3, -0.25) is 18.7 Å². The van der Waals surface area contributed by atoms with Crippen molar-refractivity contribution in [3.05, 3.63) is 55.7 Å². The van der Waals surface area contributed by atoms with E-state index < -0.39 is 11.2 Å². The quantitative estimate of drug-likeness (QED) is 0.645. The van der Waals surface area contributed by atoms with Gasteiger partial charge in [0.05, 0.1) is 0 Å². The Kier molecular flexibility index (Phi) is 4.10. The van der Waals surface area contributed by atoms with E-state index in [2.05, 4.69) is 4.98 Å². The van der Waals surface area contributed by atoms with Gasteiger partial charge in [-0.1, -0.05) is 11.6 Å². The predicted octanol–water partition coefficient (Wildman–Crippen LogP) is 1.56. The highest BCUT2D eigenvalue weighted by Gasteiger charge is 2.19. The van der Waals surface area contributed by atoms with Gasteiger partial charge in [0.1, 0.15) is 0 Å². The summed E-state index contributed by atoms with van der Waals surface area (Å²) in [5, 5.41) is 0.646. The number of fused-ring (bicyclic) bond motifs is 1. The van der Waals surface area contributed by atoms with E-state index in [1.54, 1.807) is 31.3 Å². The molecule has 0 saturated carbocycles. The summed E-state index contributed by atoms with van der Waals surface area (Å²) in [5.41, 5.74) is 0.0707. The number of rotatable bonds is 2. The van der Waals surface area contributed by atoms with Gasteiger partial charge in [0.25, 0.3) is 5.56 Å². The van der Waals surface area contributed by atoms with Gasteiger partial charge >= 0.3 is 5.69 Å². The molecule has 3 rings (SSSR count). The Balaban J connectivity index is 2.10. The van der Waals surface area contributed by atoms with Crippen LogP contribution in [0.4, 0.5) is 0 Å². The van der Waals surface area contributed by atoms with Crippen LogP contribution in [0.25, 0.3) is 11.2 Å². The Labute approximate surface area is 145 Å². The molecule has 0 atom stereocenters. The fourth-order valence-electron chi connectivity index (χ4n) is 2.32. The zero-order valence-corrected chi connectivity index (χ0v) is 14.7. The number of hydrogen-bond donors (Lipinski definition) is 0. The fourth-order valence-corrected chi connectivity index (χ4v) is 3.22. The van der Waals surface area contributed by atoms with Crippen LogP contribution in [0.3, 0.4) is 0 Å². The van der Waals surface area contributed by atoms with E-state index in [-0.39, 0.29) is 16.3 Å². The second kappa shape index (κ2) is 5.95. The van der Waals surface area contributed by atoms with Crippen LogP contribution in [0.1, 0.15) is 10.4 Å². The van der Waals surface area contributed by atoms with Crippen LogP contribution in [0.2, 0.25) is 5.02 Å². The van der Waals surface area contributed by atoms with Crippen molar-refractivity contribution >= 4 is 39.6 Å². The average molecular weight is 365 g/mol. The molecule has 9 heteroatoms. The summed E-state index contributed by atoms with van der Waals surface area (Å²) < 4.78 is 3.82. The molecule has 2 heterocycles. The number of thioether (sulfide) groups is 1. The molecule has 3 aromatic rings. The van der Waals surface area contributed by atoms with Crippen molar-refractivity contribution in [2.24, 2.45) is 21.1 Å². The fraction of sp³-hybridized carbons (Fsp3) is 0.200. The lowest BCUT2D eigenvalue weighted by Gasteiger charge is -2.03. The number of halogens is 1. The first-order chi connectivity index (χ1) is 11.3. The van der Waals surface area contributed by atoms with Gasteiger partial charge < -0.3 is 4.57 Å². The molecule has 0 fully saturated rings. The molecule has 0 bridgehead atoms. The van der Waals surface area contributed by atoms with Gasteiger partial charge in [0, 0.05) is 31.7 Å². The number of imidazole rings is 1. The Bertz CT molecular complexity index is 1080. The standard InChI is InChI=1S/C15H13ClN4O3S/c1-18-10-11(19(2)15(23)20(3)12(10)21)17-14(18)24-13(22)8-4-6-9(16)7-5-8/h4-7H,1-3H3. The molecule has 0 amide bonds. The van der Waals surface area contributed by atoms with Crippen LogP contribution < -0.4 is 11.2 Å². The highest BCUT2D eigenvalue weighted by molar-refractivity contribution is 8.14. The monoisotopic (exact) mass is 364 g/mol. The molecule has 7 nitrogen and oxygen atoms in total. The molecular weight excluding hydrogens is 352 g/mol. The molecule has 1 aromatic carbocycles. The smallest absolute Gasteiger partial charge is 0.316 e. The first-order valence-electron chi connectivity index (χ1n) is 6.91. The second-order valence-electron chi connectivity index (χ2n) is 5.23. The molecule has 0 aliphatic rings. The molecule has 0 aliphatic carbocycles. The highest BCUT2D eigenvalue weighted by atomic mass is 35.5. The molecule has 0 N–H and O–H groups in total. The van der Waals surface area contributed by atoms with Gasteiger partial charge in [-0.2, -0.15) is 0 Å². The third-order valence-corrected chi connectivity index (χ3v) is 4.92. The number of benzene rings is 1. The summed E-state index contributed by atoms with van der Waals surface area (Å²) in [6, 6.07) is 6.50. The molecule has 124 valence electrons. The maximum Gasteiger partial charge on any atom is 0.332 e. The number of aromatic nitrogens is 4. The number of carbonyl (C=O) groups is 1. The lowest BCUT2D eigenvalue weighted by molar-refractivity contribution is 0.108. The summed E-state index contributed by atoms with van der Waals surface area (Å²) in [6.07, 6.45) is 0. The first-order valence-corrected chi connectivity index (χ1v) is 8.11. The number of aryl methyl sites for hydroxylation is 2. The maximum absolute atomic E-state index is 12.4. The van der Waals surface area contributed by atoms with Gasteiger partial charge in [-0.05, 0) is 36.0 Å². The summed E-state index contributed by atoms with van der Waals surface area (Å²) >= 11 is 6.71. The van der Waals surface area contributed by atoms with Gasteiger partial charge in [-0.25, -0.2) is 9.78 Å². The molecular formula is C15H13ClN4O3S. The largest absolute Gasteiger partial charge is 0.332 e. The van der Waals surface area contributed by atoms with E-state index in [4.69, 9.17) is 11.6 Å². The maximum atomic E-state index is 12.4. The summed E-state index contributed by atoms with van der Waals surface area (Å²) in [6.45, 7) is 0. The second-order valence-corrected chi connectivity index (χ2v) is 6.60.